The molecule has 0 aliphatic carbocycles. The smallest absolute Gasteiger partial charge is 0.244 e. The maximum absolute atomic E-state index is 11.6. The van der Waals surface area contributed by atoms with Gasteiger partial charge in [0.15, 0.2) is 0 Å². The highest BCUT2D eigenvalue weighted by molar-refractivity contribution is 5.91. The van der Waals surface area contributed by atoms with E-state index >= 15 is 0 Å². The van der Waals surface area contributed by atoms with Crippen LogP contribution in [0.4, 0.5) is 11.5 Å². The molecule has 0 bridgehead atoms. The van der Waals surface area contributed by atoms with E-state index in [2.05, 4.69) is 15.6 Å². The van der Waals surface area contributed by atoms with Crippen LogP contribution in [0.25, 0.3) is 6.08 Å². The van der Waals surface area contributed by atoms with Crippen LogP contribution in [0.1, 0.15) is 5.56 Å². The van der Waals surface area contributed by atoms with E-state index < -0.39 is 0 Å². The highest BCUT2D eigenvalue weighted by atomic mass is 16.1. The predicted molar refractivity (Wildman–Crippen MR) is 85.6 cm³/mol. The summed E-state index contributed by atoms with van der Waals surface area (Å²) in [7, 11) is 0. The minimum absolute atomic E-state index is 0.115. The number of nitrogens with zero attached hydrogens (tertiary/aromatic N) is 1. The first kappa shape index (κ1) is 14.6. The Kier molecular flexibility index (Phi) is 5.34. The first-order valence-corrected chi connectivity index (χ1v) is 6.70. The SMILES string of the molecule is Nc1ccc(NCCNC(=O)/C=C/c2ccccc2)cn1. The molecule has 0 radical (unpaired) electrons. The Bertz CT molecular complexity index is 593. The Morgan fingerprint density at radius 1 is 1.14 bits per heavy atom. The van der Waals surface area contributed by atoms with Gasteiger partial charge in [0.1, 0.15) is 5.82 Å². The molecule has 1 amide bonds. The summed E-state index contributed by atoms with van der Waals surface area (Å²) in [6.07, 6.45) is 4.97. The largest absolute Gasteiger partial charge is 0.384 e. The summed E-state index contributed by atoms with van der Waals surface area (Å²) in [5.74, 6) is 0.371. The monoisotopic (exact) mass is 282 g/mol. The Hall–Kier alpha value is -2.82. The molecule has 0 aliphatic rings. The third kappa shape index (κ3) is 5.36. The lowest BCUT2D eigenvalue weighted by Gasteiger charge is -2.06. The zero-order chi connectivity index (χ0) is 14.9. The van der Waals surface area contributed by atoms with Crippen molar-refractivity contribution in [2.45, 2.75) is 0 Å². The van der Waals surface area contributed by atoms with Crippen LogP contribution in [0.15, 0.2) is 54.7 Å². The summed E-state index contributed by atoms with van der Waals surface area (Å²) in [5.41, 5.74) is 7.37. The van der Waals surface area contributed by atoms with E-state index in [0.29, 0.717) is 18.9 Å². The van der Waals surface area contributed by atoms with E-state index in [-0.39, 0.29) is 5.91 Å². The lowest BCUT2D eigenvalue weighted by Crippen LogP contribution is -2.27. The first-order chi connectivity index (χ1) is 10.2. The van der Waals surface area contributed by atoms with Gasteiger partial charge in [-0.1, -0.05) is 30.3 Å². The molecule has 1 aromatic heterocycles. The summed E-state index contributed by atoms with van der Waals surface area (Å²) in [4.78, 5) is 15.6. The number of hydrogen-bond donors (Lipinski definition) is 3. The van der Waals surface area contributed by atoms with Crippen molar-refractivity contribution in [3.8, 4) is 0 Å². The van der Waals surface area contributed by atoms with Gasteiger partial charge in [0, 0.05) is 19.2 Å². The zero-order valence-electron chi connectivity index (χ0n) is 11.6. The van der Waals surface area contributed by atoms with E-state index in [1.54, 1.807) is 18.3 Å². The lowest BCUT2D eigenvalue weighted by atomic mass is 10.2. The molecule has 1 heterocycles. The van der Waals surface area contributed by atoms with Crippen LogP contribution in [0.3, 0.4) is 0 Å². The fourth-order valence-corrected chi connectivity index (χ4v) is 1.70. The Morgan fingerprint density at radius 2 is 1.95 bits per heavy atom. The first-order valence-electron chi connectivity index (χ1n) is 6.70. The van der Waals surface area contributed by atoms with Crippen LogP contribution in [-0.4, -0.2) is 24.0 Å². The number of benzene rings is 1. The molecule has 0 fully saturated rings. The number of carbonyl (C=O) groups excluding carboxylic acids is 1. The summed E-state index contributed by atoms with van der Waals surface area (Å²) >= 11 is 0. The molecule has 0 aliphatic heterocycles. The Morgan fingerprint density at radius 3 is 2.67 bits per heavy atom. The minimum atomic E-state index is -0.115. The molecule has 0 saturated heterocycles. The van der Waals surface area contributed by atoms with Gasteiger partial charge >= 0.3 is 0 Å². The highest BCUT2D eigenvalue weighted by Crippen LogP contribution is 2.05. The third-order valence-electron chi connectivity index (χ3n) is 2.77. The van der Waals surface area contributed by atoms with Crippen LogP contribution in [0, 0.1) is 0 Å². The van der Waals surface area contributed by atoms with Gasteiger partial charge in [0.2, 0.25) is 5.91 Å². The second kappa shape index (κ2) is 7.69. The van der Waals surface area contributed by atoms with Crippen molar-refractivity contribution in [2.24, 2.45) is 0 Å². The normalized spacial score (nSPS) is 10.5. The number of nitrogen functional groups attached to an aromatic ring is 1. The number of amides is 1. The Balaban J connectivity index is 1.67. The molecule has 0 atom stereocenters. The topological polar surface area (TPSA) is 80.0 Å². The zero-order valence-corrected chi connectivity index (χ0v) is 11.6. The number of anilines is 2. The molecule has 0 saturated carbocycles. The number of pyridine rings is 1. The quantitative estimate of drug-likeness (QED) is 0.558. The minimum Gasteiger partial charge on any atom is -0.384 e. The number of rotatable bonds is 6. The van der Waals surface area contributed by atoms with Gasteiger partial charge in [0.05, 0.1) is 11.9 Å². The average molecular weight is 282 g/mol. The second-order valence-electron chi connectivity index (χ2n) is 4.43. The maximum Gasteiger partial charge on any atom is 0.244 e. The molecule has 2 rings (SSSR count). The maximum atomic E-state index is 11.6. The number of carbonyl (C=O) groups is 1. The van der Waals surface area contributed by atoms with Crippen molar-refractivity contribution in [3.63, 3.8) is 0 Å². The molecule has 0 unspecified atom stereocenters. The molecule has 108 valence electrons. The number of aromatic nitrogens is 1. The molecule has 1 aromatic carbocycles. The molecular formula is C16H18N4O. The third-order valence-corrected chi connectivity index (χ3v) is 2.77. The van der Waals surface area contributed by atoms with Crippen molar-refractivity contribution in [2.75, 3.05) is 24.1 Å². The van der Waals surface area contributed by atoms with Crippen molar-refractivity contribution in [1.82, 2.24) is 10.3 Å². The van der Waals surface area contributed by atoms with Gasteiger partial charge in [-0.25, -0.2) is 4.98 Å². The molecule has 4 N–H and O–H groups in total. The summed E-state index contributed by atoms with van der Waals surface area (Å²) in [6.45, 7) is 1.15. The van der Waals surface area contributed by atoms with Crippen LogP contribution in [0.5, 0.6) is 0 Å². The second-order valence-corrected chi connectivity index (χ2v) is 4.43. The van der Waals surface area contributed by atoms with Crippen molar-refractivity contribution < 1.29 is 4.79 Å². The number of nitrogens with one attached hydrogen (secondary N) is 2. The number of nitrogens with two attached hydrogens (primary N) is 1. The van der Waals surface area contributed by atoms with Gasteiger partial charge < -0.3 is 16.4 Å². The summed E-state index contributed by atoms with van der Waals surface area (Å²) in [6, 6.07) is 13.3. The van der Waals surface area contributed by atoms with Crippen LogP contribution < -0.4 is 16.4 Å². The van der Waals surface area contributed by atoms with Gasteiger partial charge in [-0.3, -0.25) is 4.79 Å². The molecular weight excluding hydrogens is 264 g/mol. The standard InChI is InChI=1S/C16H18N4O/c17-15-8-7-14(12-20-15)18-10-11-19-16(21)9-6-13-4-2-1-3-5-13/h1-9,12,18H,10-11H2,(H2,17,20)(H,19,21)/b9-6+. The predicted octanol–water partition coefficient (Wildman–Crippen LogP) is 1.91. The van der Waals surface area contributed by atoms with Crippen molar-refractivity contribution in [1.29, 1.82) is 0 Å². The molecule has 0 spiro atoms. The fourth-order valence-electron chi connectivity index (χ4n) is 1.70. The van der Waals surface area contributed by atoms with E-state index in [1.165, 1.54) is 6.08 Å². The Labute approximate surface area is 123 Å². The van der Waals surface area contributed by atoms with E-state index in [1.807, 2.05) is 36.4 Å². The van der Waals surface area contributed by atoms with Crippen LogP contribution in [0.2, 0.25) is 0 Å². The van der Waals surface area contributed by atoms with E-state index in [4.69, 9.17) is 5.73 Å². The number of hydrogen-bond acceptors (Lipinski definition) is 4. The fraction of sp³-hybridized carbons (Fsp3) is 0.125. The van der Waals surface area contributed by atoms with Crippen molar-refractivity contribution in [3.05, 3.63) is 60.3 Å². The van der Waals surface area contributed by atoms with Crippen LogP contribution in [-0.2, 0) is 4.79 Å². The highest BCUT2D eigenvalue weighted by Gasteiger charge is 1.95. The molecule has 5 heteroatoms. The summed E-state index contributed by atoms with van der Waals surface area (Å²) in [5, 5.41) is 5.95. The van der Waals surface area contributed by atoms with Gasteiger partial charge in [-0.2, -0.15) is 0 Å². The summed E-state index contributed by atoms with van der Waals surface area (Å²) < 4.78 is 0. The molecule has 21 heavy (non-hydrogen) atoms. The van der Waals surface area contributed by atoms with Crippen LogP contribution >= 0.6 is 0 Å². The lowest BCUT2D eigenvalue weighted by molar-refractivity contribution is -0.116. The van der Waals surface area contributed by atoms with Crippen molar-refractivity contribution >= 4 is 23.5 Å². The van der Waals surface area contributed by atoms with Gasteiger partial charge in [-0.15, -0.1) is 0 Å². The van der Waals surface area contributed by atoms with Gasteiger partial charge in [0.25, 0.3) is 0 Å². The van der Waals surface area contributed by atoms with E-state index in [9.17, 15) is 4.79 Å². The molecule has 2 aromatic rings. The average Bonchev–Trinajstić information content (AvgIpc) is 2.52. The van der Waals surface area contributed by atoms with E-state index in [0.717, 1.165) is 11.3 Å². The van der Waals surface area contributed by atoms with Gasteiger partial charge in [-0.05, 0) is 23.8 Å². The molecule has 5 nitrogen and oxygen atoms in total.